The lowest BCUT2D eigenvalue weighted by atomic mass is 9.78. The summed E-state index contributed by atoms with van der Waals surface area (Å²) >= 11 is 1.87. The molecule has 1 aliphatic heterocycles. The van der Waals surface area contributed by atoms with E-state index in [0.717, 1.165) is 56.2 Å². The molecule has 0 amide bonds. The predicted molar refractivity (Wildman–Crippen MR) is 117 cm³/mol. The molecule has 1 saturated carbocycles. The van der Waals surface area contributed by atoms with Crippen LogP contribution in [0.2, 0.25) is 0 Å². The molecule has 2 aromatic heterocycles. The number of aromatic nitrogens is 1. The Morgan fingerprint density at radius 3 is 2.69 bits per heavy atom. The van der Waals surface area contributed by atoms with Gasteiger partial charge in [-0.3, -0.25) is 9.88 Å². The normalized spacial score (nSPS) is 27.4. The van der Waals surface area contributed by atoms with Gasteiger partial charge in [0.2, 0.25) is 0 Å². The summed E-state index contributed by atoms with van der Waals surface area (Å²) in [4.78, 5) is 10.7. The third-order valence-electron chi connectivity index (χ3n) is 6.20. The van der Waals surface area contributed by atoms with Crippen LogP contribution in [0.25, 0.3) is 0 Å². The first-order valence-electron chi connectivity index (χ1n) is 10.6. The molecule has 0 unspecified atom stereocenters. The summed E-state index contributed by atoms with van der Waals surface area (Å²) in [5.41, 5.74) is 3.30. The van der Waals surface area contributed by atoms with Crippen LogP contribution in [0.15, 0.2) is 23.6 Å². The number of pyridine rings is 1. The van der Waals surface area contributed by atoms with Crippen molar-refractivity contribution in [2.75, 3.05) is 27.2 Å². The first kappa shape index (κ1) is 20.8. The highest BCUT2D eigenvalue weighted by molar-refractivity contribution is 7.10. The second kappa shape index (κ2) is 8.72. The van der Waals surface area contributed by atoms with Gasteiger partial charge < -0.3 is 14.7 Å². The average molecular weight is 416 g/mol. The van der Waals surface area contributed by atoms with E-state index in [1.54, 1.807) is 0 Å². The monoisotopic (exact) mass is 415 g/mol. The van der Waals surface area contributed by atoms with E-state index in [1.165, 1.54) is 10.4 Å². The molecule has 5 nitrogen and oxygen atoms in total. The number of fused-ring (bicyclic) bond motifs is 1. The van der Waals surface area contributed by atoms with E-state index in [1.807, 2.05) is 37.3 Å². The van der Waals surface area contributed by atoms with E-state index >= 15 is 0 Å². The number of hydrogen-bond donors (Lipinski definition) is 1. The van der Waals surface area contributed by atoms with Crippen LogP contribution in [-0.4, -0.2) is 59.3 Å². The van der Waals surface area contributed by atoms with Crippen molar-refractivity contribution in [3.8, 4) is 5.75 Å². The quantitative estimate of drug-likeness (QED) is 0.783. The summed E-state index contributed by atoms with van der Waals surface area (Å²) < 4.78 is 6.22. The molecular formula is C23H33N3O2S. The molecule has 0 bridgehead atoms. The fourth-order valence-corrected chi connectivity index (χ4v) is 5.80. The lowest BCUT2D eigenvalue weighted by molar-refractivity contribution is -0.0236. The van der Waals surface area contributed by atoms with Crippen molar-refractivity contribution < 1.29 is 9.84 Å². The Hall–Kier alpha value is -1.47. The maximum absolute atomic E-state index is 10.7. The van der Waals surface area contributed by atoms with E-state index in [2.05, 4.69) is 40.3 Å². The van der Waals surface area contributed by atoms with Crippen LogP contribution in [0.3, 0.4) is 0 Å². The van der Waals surface area contributed by atoms with Gasteiger partial charge in [-0.05, 0) is 81.8 Å². The van der Waals surface area contributed by atoms with E-state index in [-0.39, 0.29) is 6.10 Å². The van der Waals surface area contributed by atoms with Crippen LogP contribution in [0, 0.1) is 25.7 Å². The zero-order valence-corrected chi connectivity index (χ0v) is 18.8. The Balaban J connectivity index is 1.35. The smallest absolute Gasteiger partial charge is 0.141 e. The number of likely N-dealkylation sites (tertiary alicyclic amines) is 1. The van der Waals surface area contributed by atoms with Crippen molar-refractivity contribution in [2.24, 2.45) is 11.8 Å². The number of thiophene rings is 1. The van der Waals surface area contributed by atoms with Crippen LogP contribution in [0.4, 0.5) is 0 Å². The van der Waals surface area contributed by atoms with Crippen molar-refractivity contribution in [2.45, 2.75) is 52.0 Å². The highest BCUT2D eigenvalue weighted by Crippen LogP contribution is 2.39. The van der Waals surface area contributed by atoms with Gasteiger partial charge in [0.05, 0.1) is 11.8 Å². The maximum atomic E-state index is 10.7. The SMILES string of the molecule is Cc1ccc(O[C@@H]2C[C@@H]3CN(Cc4cc(CN(C)C)cs4)C[C@@H]3C[C@H]2O)c(C)n1. The van der Waals surface area contributed by atoms with Crippen LogP contribution in [0.1, 0.15) is 34.7 Å². The molecule has 0 spiro atoms. The summed E-state index contributed by atoms with van der Waals surface area (Å²) in [6, 6.07) is 6.31. The molecule has 4 rings (SSSR count). The number of nitrogens with zero attached hydrogens (tertiary/aromatic N) is 3. The second-order valence-electron chi connectivity index (χ2n) is 9.10. The lowest BCUT2D eigenvalue weighted by Crippen LogP contribution is -2.42. The first-order valence-corrected chi connectivity index (χ1v) is 11.5. The Morgan fingerprint density at radius 2 is 1.97 bits per heavy atom. The first-order chi connectivity index (χ1) is 13.9. The summed E-state index contributed by atoms with van der Waals surface area (Å²) in [5, 5.41) is 13.0. The van der Waals surface area contributed by atoms with Gasteiger partial charge in [-0.25, -0.2) is 0 Å². The summed E-state index contributed by atoms with van der Waals surface area (Å²) in [6.07, 6.45) is 1.23. The Labute approximate surface area is 178 Å². The van der Waals surface area contributed by atoms with Gasteiger partial charge in [0.15, 0.2) is 0 Å². The molecule has 0 radical (unpaired) electrons. The van der Waals surface area contributed by atoms with Crippen molar-refractivity contribution in [3.05, 3.63) is 45.4 Å². The molecule has 6 heteroatoms. The molecule has 0 aromatic carbocycles. The van der Waals surface area contributed by atoms with E-state index in [9.17, 15) is 5.11 Å². The van der Waals surface area contributed by atoms with Gasteiger partial charge in [0.1, 0.15) is 11.9 Å². The van der Waals surface area contributed by atoms with Crippen molar-refractivity contribution in [1.82, 2.24) is 14.8 Å². The van der Waals surface area contributed by atoms with Crippen LogP contribution < -0.4 is 4.74 Å². The summed E-state index contributed by atoms with van der Waals surface area (Å²) in [5.74, 6) is 1.98. The molecule has 2 aromatic rings. The number of hydrogen-bond acceptors (Lipinski definition) is 6. The van der Waals surface area contributed by atoms with E-state index < -0.39 is 6.10 Å². The average Bonchev–Trinajstić information content (AvgIpc) is 3.23. The number of aliphatic hydroxyl groups is 1. The predicted octanol–water partition coefficient (Wildman–Crippen LogP) is 3.47. The third-order valence-corrected chi connectivity index (χ3v) is 7.17. The zero-order valence-electron chi connectivity index (χ0n) is 18.0. The minimum absolute atomic E-state index is 0.132. The molecule has 158 valence electrons. The number of aliphatic hydroxyl groups excluding tert-OH is 1. The molecule has 1 aliphatic carbocycles. The molecule has 1 N–H and O–H groups in total. The maximum Gasteiger partial charge on any atom is 0.141 e. The van der Waals surface area contributed by atoms with Crippen LogP contribution in [0.5, 0.6) is 5.75 Å². The number of aryl methyl sites for hydroxylation is 2. The van der Waals surface area contributed by atoms with Crippen molar-refractivity contribution in [3.63, 3.8) is 0 Å². The van der Waals surface area contributed by atoms with Gasteiger partial charge >= 0.3 is 0 Å². The van der Waals surface area contributed by atoms with Gasteiger partial charge in [0, 0.05) is 36.8 Å². The van der Waals surface area contributed by atoms with Gasteiger partial charge in [-0.15, -0.1) is 11.3 Å². The standard InChI is InChI=1S/C23H33N3O2S/c1-15-5-6-22(16(2)24-15)28-23-9-19-12-26(11-18(19)8-21(23)27)13-20-7-17(14-29-20)10-25(3)4/h5-7,14,18-19,21,23,27H,8-13H2,1-4H3/t18-,19+,21+,23+/m0/s1. The van der Waals surface area contributed by atoms with Gasteiger partial charge in [-0.1, -0.05) is 0 Å². The lowest BCUT2D eigenvalue weighted by Gasteiger charge is -2.35. The fourth-order valence-electron chi connectivity index (χ4n) is 4.88. The van der Waals surface area contributed by atoms with Crippen molar-refractivity contribution in [1.29, 1.82) is 0 Å². The minimum Gasteiger partial charge on any atom is -0.486 e. The zero-order chi connectivity index (χ0) is 20.5. The molecule has 29 heavy (non-hydrogen) atoms. The topological polar surface area (TPSA) is 48.8 Å². The largest absolute Gasteiger partial charge is 0.486 e. The summed E-state index contributed by atoms with van der Waals surface area (Å²) in [7, 11) is 4.22. The molecule has 2 aliphatic rings. The minimum atomic E-state index is -0.398. The Kier molecular flexibility index (Phi) is 6.25. The Morgan fingerprint density at radius 1 is 1.21 bits per heavy atom. The molecule has 4 atom stereocenters. The Bertz CT molecular complexity index is 837. The molecular weight excluding hydrogens is 382 g/mol. The molecule has 2 fully saturated rings. The van der Waals surface area contributed by atoms with Crippen LogP contribution >= 0.6 is 11.3 Å². The third kappa shape index (κ3) is 5.00. The number of rotatable bonds is 6. The van der Waals surface area contributed by atoms with E-state index in [4.69, 9.17) is 4.74 Å². The van der Waals surface area contributed by atoms with E-state index in [0.29, 0.717) is 11.8 Å². The van der Waals surface area contributed by atoms with Crippen LogP contribution in [-0.2, 0) is 13.1 Å². The molecule has 1 saturated heterocycles. The highest BCUT2D eigenvalue weighted by atomic mass is 32.1. The second-order valence-corrected chi connectivity index (χ2v) is 10.1. The summed E-state index contributed by atoms with van der Waals surface area (Å²) in [6.45, 7) is 8.17. The highest BCUT2D eigenvalue weighted by Gasteiger charge is 2.42. The number of ether oxygens (including phenoxy) is 1. The molecule has 3 heterocycles. The van der Waals surface area contributed by atoms with Crippen molar-refractivity contribution >= 4 is 11.3 Å². The fraction of sp³-hybridized carbons (Fsp3) is 0.609. The van der Waals surface area contributed by atoms with Gasteiger partial charge in [-0.2, -0.15) is 0 Å². The van der Waals surface area contributed by atoms with Gasteiger partial charge in [0.25, 0.3) is 0 Å².